The molecule has 0 bridgehead atoms. The molecule has 0 aromatic heterocycles. The van der Waals surface area contributed by atoms with Crippen LogP contribution in [0.25, 0.3) is 5.70 Å². The quantitative estimate of drug-likeness (QED) is 0.172. The molecule has 0 amide bonds. The first-order chi connectivity index (χ1) is 15.6. The fraction of sp³-hybridized carbons (Fsp3) is 0.333. The fourth-order valence-corrected chi connectivity index (χ4v) is 4.36. The average molecular weight is 489 g/mol. The second kappa shape index (κ2) is 10.7. The maximum atomic E-state index is 13.7. The zero-order valence-corrected chi connectivity index (χ0v) is 18.1. The molecule has 1 heterocycles. The van der Waals surface area contributed by atoms with Crippen molar-refractivity contribution in [3.8, 4) is 0 Å². The van der Waals surface area contributed by atoms with E-state index in [-0.39, 0.29) is 11.3 Å². The summed E-state index contributed by atoms with van der Waals surface area (Å²) in [5.41, 5.74) is -1.04. The van der Waals surface area contributed by atoms with Crippen LogP contribution in [0.2, 0.25) is 0 Å². The number of thioether (sulfide) groups is 1. The van der Waals surface area contributed by atoms with Crippen molar-refractivity contribution >= 4 is 17.5 Å². The van der Waals surface area contributed by atoms with Gasteiger partial charge in [0.2, 0.25) is 0 Å². The molecule has 0 saturated carbocycles. The van der Waals surface area contributed by atoms with E-state index in [4.69, 9.17) is 10.6 Å². The van der Waals surface area contributed by atoms with E-state index in [9.17, 15) is 32.9 Å². The topological polar surface area (TPSA) is 111 Å². The Morgan fingerprint density at radius 2 is 1.73 bits per heavy atom. The first-order valence-corrected chi connectivity index (χ1v) is 10.6. The van der Waals surface area contributed by atoms with Gasteiger partial charge in [-0.3, -0.25) is 0 Å². The Bertz CT molecular complexity index is 973. The van der Waals surface area contributed by atoms with Crippen LogP contribution < -0.4 is 11.2 Å². The third-order valence-corrected chi connectivity index (χ3v) is 6.19. The number of aliphatic hydroxyl groups excluding tert-OH is 3. The van der Waals surface area contributed by atoms with Gasteiger partial charge in [0.05, 0.1) is 18.3 Å². The van der Waals surface area contributed by atoms with Gasteiger partial charge in [-0.2, -0.15) is 0 Å². The highest BCUT2D eigenvalue weighted by atomic mass is 32.2. The summed E-state index contributed by atoms with van der Waals surface area (Å²) in [4.78, 5) is 0.572. The molecule has 12 heteroatoms. The third kappa shape index (κ3) is 5.78. The summed E-state index contributed by atoms with van der Waals surface area (Å²) in [7, 11) is 1.37. The molecule has 1 saturated heterocycles. The van der Waals surface area contributed by atoms with Crippen molar-refractivity contribution in [1.82, 2.24) is 10.3 Å². The molecule has 2 aromatic rings. The minimum absolute atomic E-state index is 0.0157. The maximum Gasteiger partial charge on any atom is 0.194 e. The molecular weight excluding hydrogens is 466 g/mol. The first kappa shape index (κ1) is 25.3. The van der Waals surface area contributed by atoms with Crippen LogP contribution in [0.15, 0.2) is 47.5 Å². The number of hydrazine groups is 1. The van der Waals surface area contributed by atoms with Gasteiger partial charge in [0.1, 0.15) is 29.6 Å². The van der Waals surface area contributed by atoms with Gasteiger partial charge in [-0.1, -0.05) is 11.8 Å². The molecule has 3 unspecified atom stereocenters. The molecule has 1 aliphatic heterocycles. The average Bonchev–Trinajstić information content (AvgIpc) is 2.77. The number of hydrogen-bond acceptors (Lipinski definition) is 8. The van der Waals surface area contributed by atoms with Gasteiger partial charge in [-0.25, -0.2) is 23.4 Å². The number of nitrogens with two attached hydrogens (primary N) is 1. The predicted molar refractivity (Wildman–Crippen MR) is 113 cm³/mol. The Kier molecular flexibility index (Phi) is 8.21. The highest BCUT2D eigenvalue weighted by molar-refractivity contribution is 7.99. The molecule has 1 aliphatic rings. The van der Waals surface area contributed by atoms with Crippen LogP contribution in [-0.4, -0.2) is 63.8 Å². The van der Waals surface area contributed by atoms with Crippen LogP contribution >= 0.6 is 11.8 Å². The molecule has 33 heavy (non-hydrogen) atoms. The van der Waals surface area contributed by atoms with Gasteiger partial charge in [0.25, 0.3) is 0 Å². The molecule has 0 aliphatic carbocycles. The van der Waals surface area contributed by atoms with Crippen LogP contribution in [0, 0.1) is 23.3 Å². The van der Waals surface area contributed by atoms with Crippen molar-refractivity contribution in [2.75, 3.05) is 13.7 Å². The summed E-state index contributed by atoms with van der Waals surface area (Å²) in [6, 6.07) is 5.83. The van der Waals surface area contributed by atoms with Gasteiger partial charge in [0, 0.05) is 23.7 Å². The standard InChI is InChI=1S/C21H23F4N3O4S/c1-28(26)15(10-6-13(23)17(25)14(24)7-10)8-27-18-19(30)16(9-29)32-21(20(18)31)33-12-4-2-11(22)3-5-12/h2-8,16,18-21,27,29-31H,9,26H2,1H3/b15-8-/t16?,18?,19-,20?,21+/m0/s1. The summed E-state index contributed by atoms with van der Waals surface area (Å²) < 4.78 is 59.5. The van der Waals surface area contributed by atoms with Gasteiger partial charge in [0.15, 0.2) is 17.5 Å². The second-order valence-corrected chi connectivity index (χ2v) is 8.54. The number of ether oxygens (including phenoxy) is 1. The Balaban J connectivity index is 1.86. The van der Waals surface area contributed by atoms with Crippen molar-refractivity contribution in [2.24, 2.45) is 5.84 Å². The lowest BCUT2D eigenvalue weighted by Crippen LogP contribution is -2.62. The van der Waals surface area contributed by atoms with E-state index in [0.717, 1.165) is 28.9 Å². The van der Waals surface area contributed by atoms with E-state index in [1.54, 1.807) is 0 Å². The summed E-state index contributed by atoms with van der Waals surface area (Å²) in [5.74, 6) is 0.844. The van der Waals surface area contributed by atoms with Crippen LogP contribution in [0.1, 0.15) is 5.56 Å². The highest BCUT2D eigenvalue weighted by Crippen LogP contribution is 2.33. The first-order valence-electron chi connectivity index (χ1n) is 9.76. The zero-order chi connectivity index (χ0) is 24.3. The molecule has 5 atom stereocenters. The molecule has 180 valence electrons. The predicted octanol–water partition coefficient (Wildman–Crippen LogP) is 1.54. The molecule has 0 radical (unpaired) electrons. The van der Waals surface area contributed by atoms with Gasteiger partial charge in [-0.15, -0.1) is 0 Å². The van der Waals surface area contributed by atoms with E-state index in [1.165, 1.54) is 37.5 Å². The number of aliphatic hydroxyl groups is 3. The molecular formula is C21H23F4N3O4S. The van der Waals surface area contributed by atoms with E-state index in [0.29, 0.717) is 4.90 Å². The lowest BCUT2D eigenvalue weighted by Gasteiger charge is -2.42. The Hall–Kier alpha value is -2.35. The SMILES string of the molecule is CN(N)/C(=C\NC1C(O)[C@@H](Sc2ccc(F)cc2)OC(CO)[C@@H]1O)c1cc(F)c(F)c(F)c1. The molecule has 0 spiro atoms. The highest BCUT2D eigenvalue weighted by Gasteiger charge is 2.44. The van der Waals surface area contributed by atoms with E-state index >= 15 is 0 Å². The summed E-state index contributed by atoms with van der Waals surface area (Å²) in [6.07, 6.45) is -2.59. The molecule has 3 rings (SSSR count). The number of nitrogens with one attached hydrogen (secondary N) is 1. The number of nitrogens with zero attached hydrogens (tertiary/aromatic N) is 1. The summed E-state index contributed by atoms with van der Waals surface area (Å²) >= 11 is 1.05. The monoisotopic (exact) mass is 489 g/mol. The molecule has 7 nitrogen and oxygen atoms in total. The number of halogens is 4. The number of benzene rings is 2. The van der Waals surface area contributed by atoms with Crippen molar-refractivity contribution in [2.45, 2.75) is 34.7 Å². The van der Waals surface area contributed by atoms with Crippen molar-refractivity contribution in [3.63, 3.8) is 0 Å². The van der Waals surface area contributed by atoms with Gasteiger partial charge in [-0.05, 0) is 36.4 Å². The molecule has 2 aromatic carbocycles. The minimum Gasteiger partial charge on any atom is -0.394 e. The normalized spacial score (nSPS) is 25.7. The maximum absolute atomic E-state index is 13.7. The largest absolute Gasteiger partial charge is 0.394 e. The van der Waals surface area contributed by atoms with E-state index in [1.807, 2.05) is 0 Å². The molecule has 1 fully saturated rings. The number of hydrogen-bond donors (Lipinski definition) is 5. The zero-order valence-electron chi connectivity index (χ0n) is 17.3. The third-order valence-electron chi connectivity index (χ3n) is 5.02. The van der Waals surface area contributed by atoms with Gasteiger partial charge >= 0.3 is 0 Å². The Morgan fingerprint density at radius 1 is 1.12 bits per heavy atom. The van der Waals surface area contributed by atoms with Crippen LogP contribution in [0.4, 0.5) is 17.6 Å². The van der Waals surface area contributed by atoms with Crippen molar-refractivity contribution in [3.05, 3.63) is 71.4 Å². The lowest BCUT2D eigenvalue weighted by atomic mass is 9.97. The smallest absolute Gasteiger partial charge is 0.194 e. The van der Waals surface area contributed by atoms with Crippen molar-refractivity contribution in [1.29, 1.82) is 0 Å². The molecule has 6 N–H and O–H groups in total. The minimum atomic E-state index is -1.63. The summed E-state index contributed by atoms with van der Waals surface area (Å²) in [5, 5.41) is 34.7. The van der Waals surface area contributed by atoms with Crippen molar-refractivity contribution < 1.29 is 37.6 Å². The van der Waals surface area contributed by atoms with Crippen LogP contribution in [-0.2, 0) is 4.74 Å². The Labute approximate surface area is 191 Å². The van der Waals surface area contributed by atoms with E-state index < -0.39 is 59.7 Å². The summed E-state index contributed by atoms with van der Waals surface area (Å²) in [6.45, 7) is -0.561. The van der Waals surface area contributed by atoms with E-state index in [2.05, 4.69) is 5.32 Å². The van der Waals surface area contributed by atoms with Crippen LogP contribution in [0.5, 0.6) is 0 Å². The van der Waals surface area contributed by atoms with Crippen LogP contribution in [0.3, 0.4) is 0 Å². The number of rotatable bonds is 7. The fourth-order valence-electron chi connectivity index (χ4n) is 3.30. The lowest BCUT2D eigenvalue weighted by molar-refractivity contribution is -0.164. The second-order valence-electron chi connectivity index (χ2n) is 7.37. The van der Waals surface area contributed by atoms with Gasteiger partial charge < -0.3 is 30.4 Å². The Morgan fingerprint density at radius 3 is 2.27 bits per heavy atom.